The Morgan fingerprint density at radius 3 is 3.00 bits per heavy atom. The molecule has 0 aliphatic heterocycles. The molecule has 1 fully saturated rings. The van der Waals surface area contributed by atoms with Crippen LogP contribution < -0.4 is 14.8 Å². The molecule has 2 aromatic rings. The lowest BCUT2D eigenvalue weighted by Crippen LogP contribution is -2.23. The molecule has 1 aromatic carbocycles. The van der Waals surface area contributed by atoms with Gasteiger partial charge in [-0.15, -0.1) is 11.3 Å². The second-order valence-corrected chi connectivity index (χ2v) is 8.71. The normalized spacial score (nSPS) is 20.3. The summed E-state index contributed by atoms with van der Waals surface area (Å²) in [5.41, 5.74) is 3.54. The molecule has 0 saturated heterocycles. The summed E-state index contributed by atoms with van der Waals surface area (Å²) in [6.45, 7) is 2.13. The minimum absolute atomic E-state index is 0.000560. The summed E-state index contributed by atoms with van der Waals surface area (Å²) >= 11 is 1.61. The fraction of sp³-hybridized carbons (Fsp3) is 0.476. The van der Waals surface area contributed by atoms with E-state index in [0.717, 1.165) is 22.8 Å². The van der Waals surface area contributed by atoms with E-state index in [4.69, 9.17) is 14.6 Å². The number of carbonyl (C=O) groups is 1. The molecular formula is C21H25NO5S. The molecule has 4 rings (SSSR count). The van der Waals surface area contributed by atoms with Gasteiger partial charge in [-0.3, -0.25) is 4.79 Å². The highest BCUT2D eigenvalue weighted by molar-refractivity contribution is 7.14. The van der Waals surface area contributed by atoms with Crippen LogP contribution in [0.2, 0.25) is 0 Å². The summed E-state index contributed by atoms with van der Waals surface area (Å²) in [6.07, 6.45) is 1.40. The Kier molecular flexibility index (Phi) is 5.31. The van der Waals surface area contributed by atoms with Gasteiger partial charge in [-0.25, -0.2) is 0 Å². The number of hydrogen-bond acceptors (Lipinski definition) is 6. The summed E-state index contributed by atoms with van der Waals surface area (Å²) in [6, 6.07) is 5.31. The third-order valence-corrected chi connectivity index (χ3v) is 6.71. The number of amides is 1. The molecule has 6 nitrogen and oxygen atoms in total. The molecule has 0 bridgehead atoms. The van der Waals surface area contributed by atoms with Crippen LogP contribution in [-0.2, 0) is 13.0 Å². The second kappa shape index (κ2) is 7.73. The molecular weight excluding hydrogens is 378 g/mol. The van der Waals surface area contributed by atoms with Gasteiger partial charge in [-0.1, -0.05) is 0 Å². The van der Waals surface area contributed by atoms with Gasteiger partial charge >= 0.3 is 0 Å². The van der Waals surface area contributed by atoms with Crippen molar-refractivity contribution >= 4 is 17.2 Å². The van der Waals surface area contributed by atoms with Crippen LogP contribution in [-0.4, -0.2) is 42.5 Å². The largest absolute Gasteiger partial charge is 0.496 e. The van der Waals surface area contributed by atoms with Crippen LogP contribution >= 0.6 is 11.3 Å². The Hall–Kier alpha value is -2.09. The number of carbonyl (C=O) groups excluding carboxylic acids is 1. The highest BCUT2D eigenvalue weighted by atomic mass is 32.1. The molecule has 28 heavy (non-hydrogen) atoms. The van der Waals surface area contributed by atoms with Crippen molar-refractivity contribution in [1.82, 2.24) is 5.32 Å². The summed E-state index contributed by atoms with van der Waals surface area (Å²) in [5, 5.41) is 21.3. The Labute approximate surface area is 168 Å². The van der Waals surface area contributed by atoms with Gasteiger partial charge in [0, 0.05) is 23.1 Å². The smallest absolute Gasteiger partial charge is 0.261 e. The van der Waals surface area contributed by atoms with E-state index in [9.17, 15) is 9.90 Å². The van der Waals surface area contributed by atoms with Crippen LogP contribution in [0.3, 0.4) is 0 Å². The minimum Gasteiger partial charge on any atom is -0.496 e. The molecule has 0 unspecified atom stereocenters. The Morgan fingerprint density at radius 2 is 2.25 bits per heavy atom. The molecule has 1 heterocycles. The number of thiophene rings is 1. The molecule has 150 valence electrons. The van der Waals surface area contributed by atoms with E-state index in [2.05, 4.69) is 12.2 Å². The number of aliphatic hydroxyl groups excluding tert-OH is 2. The van der Waals surface area contributed by atoms with Crippen LogP contribution in [0, 0.1) is 12.8 Å². The fourth-order valence-corrected chi connectivity index (χ4v) is 5.20. The van der Waals surface area contributed by atoms with Crippen LogP contribution in [0.15, 0.2) is 18.2 Å². The zero-order chi connectivity index (χ0) is 19.8. The average Bonchev–Trinajstić information content (AvgIpc) is 3.24. The zero-order valence-electron chi connectivity index (χ0n) is 16.0. The lowest BCUT2D eigenvalue weighted by molar-refractivity contribution is 0.0535. The number of rotatable bonds is 8. The third kappa shape index (κ3) is 3.62. The first-order valence-electron chi connectivity index (χ1n) is 9.50. The molecule has 3 N–H and O–H groups in total. The van der Waals surface area contributed by atoms with E-state index in [1.165, 1.54) is 22.4 Å². The average molecular weight is 404 g/mol. The van der Waals surface area contributed by atoms with Crippen molar-refractivity contribution in [2.45, 2.75) is 38.3 Å². The van der Waals surface area contributed by atoms with E-state index < -0.39 is 6.10 Å². The first kappa shape index (κ1) is 19.2. The topological polar surface area (TPSA) is 88.0 Å². The first-order chi connectivity index (χ1) is 13.5. The van der Waals surface area contributed by atoms with E-state index in [0.29, 0.717) is 24.0 Å². The first-order valence-corrected chi connectivity index (χ1v) is 10.3. The van der Waals surface area contributed by atoms with Gasteiger partial charge in [0.05, 0.1) is 18.6 Å². The predicted molar refractivity (Wildman–Crippen MR) is 106 cm³/mol. The maximum Gasteiger partial charge on any atom is 0.261 e. The molecule has 0 spiro atoms. The number of methoxy groups -OCH3 is 1. The van der Waals surface area contributed by atoms with Crippen molar-refractivity contribution in [3.8, 4) is 11.5 Å². The Balaban J connectivity index is 1.41. The lowest BCUT2D eigenvalue weighted by Gasteiger charge is -2.14. The molecule has 1 amide bonds. The van der Waals surface area contributed by atoms with Gasteiger partial charge in [-0.2, -0.15) is 0 Å². The van der Waals surface area contributed by atoms with Gasteiger partial charge in [0.25, 0.3) is 5.91 Å². The van der Waals surface area contributed by atoms with E-state index in [1.807, 2.05) is 6.07 Å². The monoisotopic (exact) mass is 403 g/mol. The van der Waals surface area contributed by atoms with Crippen molar-refractivity contribution in [3.63, 3.8) is 0 Å². The molecule has 7 heteroatoms. The lowest BCUT2D eigenvalue weighted by atomic mass is 10.1. The quantitative estimate of drug-likeness (QED) is 0.630. The van der Waals surface area contributed by atoms with Gasteiger partial charge in [0.1, 0.15) is 24.2 Å². The number of nitrogens with one attached hydrogen (secondary N) is 1. The number of fused-ring (bicyclic) bond motifs is 3. The van der Waals surface area contributed by atoms with E-state index in [1.54, 1.807) is 30.6 Å². The highest BCUT2D eigenvalue weighted by Crippen LogP contribution is 2.59. The predicted octanol–water partition coefficient (Wildman–Crippen LogP) is 2.39. The molecule has 3 atom stereocenters. The van der Waals surface area contributed by atoms with Crippen molar-refractivity contribution in [2.24, 2.45) is 5.92 Å². The molecule has 2 aliphatic rings. The van der Waals surface area contributed by atoms with Gasteiger partial charge in [-0.05, 0) is 54.9 Å². The Morgan fingerprint density at radius 1 is 1.43 bits per heavy atom. The molecule has 1 aromatic heterocycles. The second-order valence-electron chi connectivity index (χ2n) is 7.49. The van der Waals surface area contributed by atoms with Gasteiger partial charge < -0.3 is 25.0 Å². The third-order valence-electron chi connectivity index (χ3n) is 5.55. The maximum absolute atomic E-state index is 12.8. The maximum atomic E-state index is 12.8. The molecule has 2 aliphatic carbocycles. The van der Waals surface area contributed by atoms with Crippen molar-refractivity contribution < 1.29 is 24.5 Å². The number of ether oxygens (including phenoxy) is 2. The molecule has 1 saturated carbocycles. The summed E-state index contributed by atoms with van der Waals surface area (Å²) in [4.78, 5) is 14.9. The van der Waals surface area contributed by atoms with Crippen LogP contribution in [0.25, 0.3) is 0 Å². The summed E-state index contributed by atoms with van der Waals surface area (Å²) in [7, 11) is 1.56. The van der Waals surface area contributed by atoms with Crippen molar-refractivity contribution in [3.05, 3.63) is 44.6 Å². The number of hydrogen-bond donors (Lipinski definition) is 3. The van der Waals surface area contributed by atoms with Crippen LogP contribution in [0.5, 0.6) is 11.5 Å². The standard InChI is InChI=1S/C21H25NO5S/c1-11-19-16-5-13(16)6-17(19)20(28-11)21(25)22-8-12-3-4-15(7-18(12)26-2)27-10-14(24)9-23/h3-4,7,13-14,16,23-24H,5-6,8-10H2,1-2H3,(H,22,25)/t13-,14+,16-/m1/s1. The number of aryl methyl sites for hydroxylation is 1. The van der Waals surface area contributed by atoms with Crippen molar-refractivity contribution in [1.29, 1.82) is 0 Å². The van der Waals surface area contributed by atoms with Crippen LogP contribution in [0.4, 0.5) is 0 Å². The van der Waals surface area contributed by atoms with E-state index >= 15 is 0 Å². The van der Waals surface area contributed by atoms with Gasteiger partial charge in [0.15, 0.2) is 0 Å². The highest BCUT2D eigenvalue weighted by Gasteiger charge is 2.48. The SMILES string of the molecule is COc1cc(OC[C@@H](O)CO)ccc1CNC(=O)c1sc(C)c2c1C[C@H]1C[C@@H]21. The number of benzene rings is 1. The summed E-state index contributed by atoms with van der Waals surface area (Å²) in [5.74, 6) is 2.57. The zero-order valence-corrected chi connectivity index (χ0v) is 16.8. The Bertz CT molecular complexity index is 893. The number of aliphatic hydroxyl groups is 2. The van der Waals surface area contributed by atoms with Crippen LogP contribution in [0.1, 0.15) is 43.6 Å². The van der Waals surface area contributed by atoms with E-state index in [-0.39, 0.29) is 19.1 Å². The summed E-state index contributed by atoms with van der Waals surface area (Å²) < 4.78 is 10.9. The minimum atomic E-state index is -0.924. The van der Waals surface area contributed by atoms with Gasteiger partial charge in [0.2, 0.25) is 0 Å². The fourth-order valence-electron chi connectivity index (χ4n) is 4.03. The van der Waals surface area contributed by atoms with Crippen molar-refractivity contribution in [2.75, 3.05) is 20.3 Å². The molecule has 0 radical (unpaired) electrons.